The summed E-state index contributed by atoms with van der Waals surface area (Å²) >= 11 is 6.18. The lowest BCUT2D eigenvalue weighted by molar-refractivity contribution is -0.109. The lowest BCUT2D eigenvalue weighted by Gasteiger charge is -1.99. The summed E-state index contributed by atoms with van der Waals surface area (Å²) in [6.45, 7) is 1.56. The van der Waals surface area contributed by atoms with E-state index in [1.165, 1.54) is 11.8 Å². The minimum absolute atomic E-state index is 0.126. The molecular weight excluding hydrogens is 238 g/mol. The Morgan fingerprint density at radius 2 is 2.31 bits per heavy atom. The van der Waals surface area contributed by atoms with E-state index in [1.54, 1.807) is 6.92 Å². The number of carbonyl (C=O) groups excluding carboxylic acids is 1. The van der Waals surface area contributed by atoms with Gasteiger partial charge in [-0.25, -0.2) is 0 Å². The van der Waals surface area contributed by atoms with Crippen LogP contribution in [0, 0.1) is 0 Å². The summed E-state index contributed by atoms with van der Waals surface area (Å²) in [5.41, 5.74) is 7.43. The van der Waals surface area contributed by atoms with Crippen molar-refractivity contribution in [2.75, 3.05) is 5.75 Å². The average Bonchev–Trinajstić information content (AvgIpc) is 2.24. The highest BCUT2D eigenvalue weighted by atomic mass is 32.2. The molecule has 0 atom stereocenters. The van der Waals surface area contributed by atoms with Gasteiger partial charge in [0.2, 0.25) is 0 Å². The lowest BCUT2D eigenvalue weighted by atomic mass is 10.1. The summed E-state index contributed by atoms with van der Waals surface area (Å²) in [4.78, 5) is 11.1. The largest absolute Gasteiger partial charge is 0.389 e. The summed E-state index contributed by atoms with van der Waals surface area (Å²) < 4.78 is 0. The third kappa shape index (κ3) is 4.59. The van der Waals surface area contributed by atoms with Crippen LogP contribution in [0.4, 0.5) is 0 Å². The van der Waals surface area contributed by atoms with Gasteiger partial charge in [0.25, 0.3) is 0 Å². The maximum atomic E-state index is 10.7. The molecule has 1 rings (SSSR count). The highest BCUT2D eigenvalue weighted by Crippen LogP contribution is 2.08. The van der Waals surface area contributed by atoms with Crippen molar-refractivity contribution >= 4 is 40.2 Å². The zero-order valence-corrected chi connectivity index (χ0v) is 10.6. The van der Waals surface area contributed by atoms with Crippen molar-refractivity contribution in [1.82, 2.24) is 0 Å². The monoisotopic (exact) mass is 251 g/mol. The number of thioether (sulfide) groups is 1. The van der Waals surface area contributed by atoms with Crippen LogP contribution in [0.5, 0.6) is 0 Å². The number of thiocarbonyl (C=S) groups is 1. The predicted molar refractivity (Wildman–Crippen MR) is 74.5 cm³/mol. The quantitative estimate of drug-likeness (QED) is 0.835. The van der Waals surface area contributed by atoms with Crippen molar-refractivity contribution in [2.45, 2.75) is 6.92 Å². The molecule has 0 unspecified atom stereocenters. The third-order valence-electron chi connectivity index (χ3n) is 1.86. The molecule has 0 amide bonds. The number of hydrogen-bond acceptors (Lipinski definition) is 3. The molecule has 4 heteroatoms. The average molecular weight is 251 g/mol. The van der Waals surface area contributed by atoms with Crippen LogP contribution in [0.3, 0.4) is 0 Å². The summed E-state index contributed by atoms with van der Waals surface area (Å²) in [6, 6.07) is 7.68. The topological polar surface area (TPSA) is 43.1 Å². The van der Waals surface area contributed by atoms with Crippen LogP contribution >= 0.6 is 24.0 Å². The number of carbonyl (C=O) groups is 1. The number of nitrogens with two attached hydrogens (primary N) is 1. The molecule has 0 aliphatic carbocycles. The first-order valence-corrected chi connectivity index (χ1v) is 6.19. The highest BCUT2D eigenvalue weighted by Gasteiger charge is 1.95. The first kappa shape index (κ1) is 12.9. The van der Waals surface area contributed by atoms with Crippen LogP contribution in [0.25, 0.3) is 6.08 Å². The van der Waals surface area contributed by atoms with Crippen LogP contribution in [-0.2, 0) is 4.79 Å². The Morgan fingerprint density at radius 3 is 2.94 bits per heavy atom. The smallest absolute Gasteiger partial charge is 0.186 e. The molecule has 0 aliphatic heterocycles. The minimum atomic E-state index is 0.126. The number of hydrogen-bond donors (Lipinski definition) is 1. The second-order valence-corrected chi connectivity index (χ2v) is 4.83. The maximum absolute atomic E-state index is 10.7. The standard InChI is InChI=1S/C12H13NOS2/c1-9(14)16-7-3-5-10-4-2-6-11(8-10)12(13)15/h2-6,8H,7H2,1H3,(H2,13,15). The Morgan fingerprint density at radius 1 is 1.56 bits per heavy atom. The van der Waals surface area contributed by atoms with Gasteiger partial charge >= 0.3 is 0 Å². The van der Waals surface area contributed by atoms with Gasteiger partial charge in [-0.3, -0.25) is 4.79 Å². The van der Waals surface area contributed by atoms with Crippen LogP contribution < -0.4 is 5.73 Å². The van der Waals surface area contributed by atoms with E-state index in [0.717, 1.165) is 11.1 Å². The van der Waals surface area contributed by atoms with E-state index < -0.39 is 0 Å². The van der Waals surface area contributed by atoms with Gasteiger partial charge in [0.15, 0.2) is 5.12 Å². The molecule has 0 saturated carbocycles. The summed E-state index contributed by atoms with van der Waals surface area (Å²) in [7, 11) is 0. The number of benzene rings is 1. The Kier molecular flexibility index (Phi) is 5.22. The van der Waals surface area contributed by atoms with E-state index >= 15 is 0 Å². The highest BCUT2D eigenvalue weighted by molar-refractivity contribution is 8.13. The molecular formula is C12H13NOS2. The van der Waals surface area contributed by atoms with E-state index in [-0.39, 0.29) is 5.12 Å². The van der Waals surface area contributed by atoms with Crippen LogP contribution in [-0.4, -0.2) is 15.9 Å². The molecule has 0 aliphatic rings. The Hall–Kier alpha value is -1.13. The molecule has 0 spiro atoms. The van der Waals surface area contributed by atoms with Crippen molar-refractivity contribution in [3.8, 4) is 0 Å². The Labute approximate surface area is 105 Å². The Bertz CT molecular complexity index is 427. The summed E-state index contributed by atoms with van der Waals surface area (Å²) in [6.07, 6.45) is 3.91. The fourth-order valence-corrected chi connectivity index (χ4v) is 1.70. The van der Waals surface area contributed by atoms with Crippen molar-refractivity contribution in [2.24, 2.45) is 5.73 Å². The molecule has 1 aromatic carbocycles. The second kappa shape index (κ2) is 6.45. The molecule has 0 bridgehead atoms. The van der Waals surface area contributed by atoms with Gasteiger partial charge in [0.05, 0.1) is 0 Å². The van der Waals surface area contributed by atoms with Gasteiger partial charge in [-0.2, -0.15) is 0 Å². The first-order chi connectivity index (χ1) is 7.59. The van der Waals surface area contributed by atoms with Gasteiger partial charge in [0, 0.05) is 18.2 Å². The molecule has 0 aromatic heterocycles. The second-order valence-electron chi connectivity index (χ2n) is 3.19. The van der Waals surface area contributed by atoms with Crippen LogP contribution in [0.2, 0.25) is 0 Å². The van der Waals surface area contributed by atoms with E-state index in [0.29, 0.717) is 10.7 Å². The molecule has 0 radical (unpaired) electrons. The van der Waals surface area contributed by atoms with E-state index in [4.69, 9.17) is 18.0 Å². The fourth-order valence-electron chi connectivity index (χ4n) is 1.15. The van der Waals surface area contributed by atoms with Crippen molar-refractivity contribution in [1.29, 1.82) is 0 Å². The molecule has 16 heavy (non-hydrogen) atoms. The summed E-state index contributed by atoms with van der Waals surface area (Å²) in [5.74, 6) is 0.687. The van der Waals surface area contributed by atoms with Gasteiger partial charge in [-0.15, -0.1) is 0 Å². The van der Waals surface area contributed by atoms with E-state index in [9.17, 15) is 4.79 Å². The van der Waals surface area contributed by atoms with Crippen molar-refractivity contribution < 1.29 is 4.79 Å². The molecule has 0 heterocycles. The minimum Gasteiger partial charge on any atom is -0.389 e. The predicted octanol–water partition coefficient (Wildman–Crippen LogP) is 2.61. The van der Waals surface area contributed by atoms with Crippen molar-refractivity contribution in [3.05, 3.63) is 41.5 Å². The van der Waals surface area contributed by atoms with Gasteiger partial charge in [-0.1, -0.05) is 54.3 Å². The molecule has 1 aromatic rings. The van der Waals surface area contributed by atoms with Crippen LogP contribution in [0.1, 0.15) is 18.1 Å². The van der Waals surface area contributed by atoms with Crippen LogP contribution in [0.15, 0.2) is 30.3 Å². The summed E-state index contributed by atoms with van der Waals surface area (Å²) in [5, 5.41) is 0.126. The fraction of sp³-hybridized carbons (Fsp3) is 0.167. The zero-order valence-electron chi connectivity index (χ0n) is 8.97. The van der Waals surface area contributed by atoms with E-state index in [1.807, 2.05) is 36.4 Å². The molecule has 84 valence electrons. The maximum Gasteiger partial charge on any atom is 0.186 e. The molecule has 0 saturated heterocycles. The Balaban J connectivity index is 2.63. The van der Waals surface area contributed by atoms with Gasteiger partial charge < -0.3 is 5.73 Å². The molecule has 0 fully saturated rings. The molecule has 2 N–H and O–H groups in total. The van der Waals surface area contributed by atoms with Gasteiger partial charge in [-0.05, 0) is 11.6 Å². The zero-order chi connectivity index (χ0) is 12.0. The third-order valence-corrected chi connectivity index (χ3v) is 2.87. The normalized spacial score (nSPS) is 10.6. The number of rotatable bonds is 4. The SMILES string of the molecule is CC(=O)SCC=Cc1cccc(C(N)=S)c1. The van der Waals surface area contributed by atoms with E-state index in [2.05, 4.69) is 0 Å². The van der Waals surface area contributed by atoms with Gasteiger partial charge in [0.1, 0.15) is 4.99 Å². The molecule has 2 nitrogen and oxygen atoms in total. The first-order valence-electron chi connectivity index (χ1n) is 4.79. The van der Waals surface area contributed by atoms with Crippen molar-refractivity contribution in [3.63, 3.8) is 0 Å². The lowest BCUT2D eigenvalue weighted by Crippen LogP contribution is -2.08.